The number of hydrogen-bond donors (Lipinski definition) is 1. The molecule has 37 heavy (non-hydrogen) atoms. The number of aryl methyl sites for hydroxylation is 1. The Morgan fingerprint density at radius 2 is 1.81 bits per heavy atom. The van der Waals surface area contributed by atoms with Crippen molar-refractivity contribution in [3.05, 3.63) is 110 Å². The summed E-state index contributed by atoms with van der Waals surface area (Å²) in [6.07, 6.45) is 5.51. The molecule has 1 heterocycles. The molecule has 0 aliphatic heterocycles. The summed E-state index contributed by atoms with van der Waals surface area (Å²) in [7, 11) is 0. The van der Waals surface area contributed by atoms with Crippen LogP contribution >= 0.6 is 34.5 Å². The number of aliphatic imine (C=N–C) groups is 1. The van der Waals surface area contributed by atoms with Gasteiger partial charge in [-0.05, 0) is 61.6 Å². The molecule has 1 amide bonds. The number of nitrogens with zero attached hydrogens (tertiary/aromatic N) is 1. The molecule has 0 bridgehead atoms. The zero-order valence-corrected chi connectivity index (χ0v) is 22.1. The number of thiophene rings is 1. The van der Waals surface area contributed by atoms with Crippen LogP contribution in [0.15, 0.2) is 71.7 Å². The van der Waals surface area contributed by atoms with Gasteiger partial charge in [-0.15, -0.1) is 11.3 Å². The zero-order valence-electron chi connectivity index (χ0n) is 19.8. The van der Waals surface area contributed by atoms with Gasteiger partial charge in [0, 0.05) is 32.9 Å². The van der Waals surface area contributed by atoms with Crippen molar-refractivity contribution in [1.82, 2.24) is 0 Å². The molecule has 188 valence electrons. The zero-order chi connectivity index (χ0) is 25.8. The number of nitrogens with one attached hydrogen (secondary N) is 1. The molecule has 3 aromatic carbocycles. The number of hydrogen-bond acceptors (Lipinski definition) is 4. The van der Waals surface area contributed by atoms with Crippen molar-refractivity contribution in [3.8, 4) is 5.75 Å². The molecular weight excluding hydrogens is 530 g/mol. The Kier molecular flexibility index (Phi) is 7.89. The standard InChI is InChI=1S/C29H23Cl2FN2O2S/c30-20-14-19(27(23(31)15-20)36-17-18-8-4-6-12-24(18)32)16-33-29-26(22-11-5-7-13-25(22)37-29)28(35)34-21-9-2-1-3-10-21/h1-4,6,8-10,12,14-16H,5,7,11,13,17H2,(H,34,35). The Hall–Kier alpha value is -3.19. The van der Waals surface area contributed by atoms with Crippen LogP contribution in [-0.4, -0.2) is 12.1 Å². The van der Waals surface area contributed by atoms with E-state index >= 15 is 0 Å². The molecule has 0 unspecified atom stereocenters. The van der Waals surface area contributed by atoms with Crippen molar-refractivity contribution < 1.29 is 13.9 Å². The smallest absolute Gasteiger partial charge is 0.259 e. The number of benzene rings is 3. The number of anilines is 1. The first-order valence-corrected chi connectivity index (χ1v) is 13.5. The molecule has 5 rings (SSSR count). The normalized spacial score (nSPS) is 12.9. The molecule has 4 nitrogen and oxygen atoms in total. The number of para-hydroxylation sites is 1. The van der Waals surface area contributed by atoms with Crippen LogP contribution in [0.25, 0.3) is 0 Å². The summed E-state index contributed by atoms with van der Waals surface area (Å²) in [4.78, 5) is 19.3. The average molecular weight is 553 g/mol. The van der Waals surface area contributed by atoms with Gasteiger partial charge in [0.25, 0.3) is 5.91 Å². The van der Waals surface area contributed by atoms with E-state index in [-0.39, 0.29) is 23.4 Å². The van der Waals surface area contributed by atoms with Crippen LogP contribution in [0.1, 0.15) is 44.8 Å². The van der Waals surface area contributed by atoms with Crippen LogP contribution in [0, 0.1) is 5.82 Å². The van der Waals surface area contributed by atoms with Gasteiger partial charge in [-0.25, -0.2) is 9.38 Å². The summed E-state index contributed by atoms with van der Waals surface area (Å²) in [6, 6.07) is 19.0. The first kappa shape index (κ1) is 25.5. The van der Waals surface area contributed by atoms with Gasteiger partial charge in [-0.1, -0.05) is 59.6 Å². The Balaban J connectivity index is 1.48. The SMILES string of the molecule is O=C(Nc1ccccc1)c1c(N=Cc2cc(Cl)cc(Cl)c2OCc2ccccc2F)sc2c1CCCC2. The van der Waals surface area contributed by atoms with Gasteiger partial charge in [-0.2, -0.15) is 0 Å². The van der Waals surface area contributed by atoms with E-state index in [1.54, 1.807) is 36.5 Å². The maximum Gasteiger partial charge on any atom is 0.259 e. The fourth-order valence-corrected chi connectivity index (χ4v) is 6.11. The van der Waals surface area contributed by atoms with E-state index in [2.05, 4.69) is 5.32 Å². The largest absolute Gasteiger partial charge is 0.487 e. The van der Waals surface area contributed by atoms with Crippen molar-refractivity contribution >= 4 is 57.3 Å². The number of ether oxygens (including phenoxy) is 1. The van der Waals surface area contributed by atoms with E-state index < -0.39 is 0 Å². The van der Waals surface area contributed by atoms with Gasteiger partial charge in [0.05, 0.1) is 10.6 Å². The van der Waals surface area contributed by atoms with Crippen molar-refractivity contribution in [2.24, 2.45) is 4.99 Å². The van der Waals surface area contributed by atoms with Crippen molar-refractivity contribution in [2.75, 3.05) is 5.32 Å². The molecule has 0 spiro atoms. The minimum Gasteiger partial charge on any atom is -0.487 e. The number of carbonyl (C=O) groups is 1. The molecule has 8 heteroatoms. The predicted octanol–water partition coefficient (Wildman–Crippen LogP) is 8.65. The highest BCUT2D eigenvalue weighted by Crippen LogP contribution is 2.41. The molecular formula is C29H23Cl2FN2O2S. The second-order valence-electron chi connectivity index (χ2n) is 8.66. The fourth-order valence-electron chi connectivity index (χ4n) is 4.31. The number of fused-ring (bicyclic) bond motifs is 1. The summed E-state index contributed by atoms with van der Waals surface area (Å²) >= 11 is 14.3. The lowest BCUT2D eigenvalue weighted by Gasteiger charge is -2.13. The summed E-state index contributed by atoms with van der Waals surface area (Å²) < 4.78 is 20.0. The molecule has 1 aliphatic carbocycles. The van der Waals surface area contributed by atoms with Crippen molar-refractivity contribution in [2.45, 2.75) is 32.3 Å². The van der Waals surface area contributed by atoms with Crippen molar-refractivity contribution in [1.29, 1.82) is 0 Å². The van der Waals surface area contributed by atoms with Crippen LogP contribution in [0.3, 0.4) is 0 Å². The monoisotopic (exact) mass is 552 g/mol. The molecule has 4 aromatic rings. The fraction of sp³-hybridized carbons (Fsp3) is 0.172. The minimum absolute atomic E-state index is 0.00705. The van der Waals surface area contributed by atoms with E-state index in [9.17, 15) is 9.18 Å². The van der Waals surface area contributed by atoms with E-state index in [0.717, 1.165) is 36.9 Å². The maximum absolute atomic E-state index is 14.1. The highest BCUT2D eigenvalue weighted by molar-refractivity contribution is 7.16. The second kappa shape index (κ2) is 11.5. The lowest BCUT2D eigenvalue weighted by Crippen LogP contribution is -2.14. The van der Waals surface area contributed by atoms with E-state index in [0.29, 0.717) is 32.5 Å². The molecule has 0 saturated carbocycles. The maximum atomic E-state index is 14.1. The summed E-state index contributed by atoms with van der Waals surface area (Å²) in [6.45, 7) is -0.00705. The third-order valence-electron chi connectivity index (χ3n) is 6.10. The van der Waals surface area contributed by atoms with Gasteiger partial charge >= 0.3 is 0 Å². The van der Waals surface area contributed by atoms with Crippen LogP contribution in [0.5, 0.6) is 5.75 Å². The predicted molar refractivity (Wildman–Crippen MR) is 150 cm³/mol. The highest BCUT2D eigenvalue weighted by atomic mass is 35.5. The first-order chi connectivity index (χ1) is 18.0. The Labute approximate surface area is 228 Å². The molecule has 0 saturated heterocycles. The summed E-state index contributed by atoms with van der Waals surface area (Å²) in [5, 5.41) is 4.32. The lowest BCUT2D eigenvalue weighted by molar-refractivity contribution is 0.102. The Bertz CT molecular complexity index is 1470. The van der Waals surface area contributed by atoms with Crippen molar-refractivity contribution in [3.63, 3.8) is 0 Å². The lowest BCUT2D eigenvalue weighted by atomic mass is 9.95. The van der Waals surface area contributed by atoms with Gasteiger partial charge < -0.3 is 10.1 Å². The molecule has 0 fully saturated rings. The second-order valence-corrected chi connectivity index (χ2v) is 10.6. The molecule has 0 radical (unpaired) electrons. The number of carbonyl (C=O) groups excluding carboxylic acids is 1. The number of amides is 1. The van der Waals surface area contributed by atoms with E-state index in [4.69, 9.17) is 32.9 Å². The third kappa shape index (κ3) is 5.87. The van der Waals surface area contributed by atoms with Gasteiger partial charge in [-0.3, -0.25) is 4.79 Å². The van der Waals surface area contributed by atoms with Crippen LogP contribution in [-0.2, 0) is 19.4 Å². The van der Waals surface area contributed by atoms with E-state index in [1.807, 2.05) is 30.3 Å². The number of rotatable bonds is 7. The molecule has 0 atom stereocenters. The van der Waals surface area contributed by atoms with Gasteiger partial charge in [0.15, 0.2) is 0 Å². The third-order valence-corrected chi connectivity index (χ3v) is 7.80. The van der Waals surface area contributed by atoms with E-state index in [1.165, 1.54) is 22.3 Å². The first-order valence-electron chi connectivity index (χ1n) is 11.9. The van der Waals surface area contributed by atoms with Crippen LogP contribution in [0.4, 0.5) is 15.1 Å². The summed E-state index contributed by atoms with van der Waals surface area (Å²) in [5.74, 6) is -0.200. The molecule has 1 N–H and O–H groups in total. The van der Waals surface area contributed by atoms with Gasteiger partial charge in [0.1, 0.15) is 23.2 Å². The average Bonchev–Trinajstić information content (AvgIpc) is 3.27. The molecule has 1 aromatic heterocycles. The molecule has 1 aliphatic rings. The van der Waals surface area contributed by atoms with Gasteiger partial charge in [0.2, 0.25) is 0 Å². The highest BCUT2D eigenvalue weighted by Gasteiger charge is 2.25. The van der Waals surface area contributed by atoms with Crippen LogP contribution in [0.2, 0.25) is 10.0 Å². The topological polar surface area (TPSA) is 50.7 Å². The Morgan fingerprint density at radius 3 is 2.62 bits per heavy atom. The minimum atomic E-state index is -0.360. The summed E-state index contributed by atoms with van der Waals surface area (Å²) in [5.41, 5.74) is 3.33. The number of halogens is 3. The van der Waals surface area contributed by atoms with Crippen LogP contribution < -0.4 is 10.1 Å². The quantitative estimate of drug-likeness (QED) is 0.233. The Morgan fingerprint density at radius 1 is 1.05 bits per heavy atom.